The molecule has 0 aliphatic carbocycles. The predicted octanol–water partition coefficient (Wildman–Crippen LogP) is 3.37. The molecule has 0 aliphatic heterocycles. The Hall–Kier alpha value is -2.08. The van der Waals surface area contributed by atoms with Crippen molar-refractivity contribution in [2.75, 3.05) is 5.32 Å². The third-order valence-electron chi connectivity index (χ3n) is 2.37. The molecule has 98 valence electrons. The van der Waals surface area contributed by atoms with Crippen molar-refractivity contribution in [2.45, 2.75) is 6.92 Å². The Bertz CT molecular complexity index is 648. The summed E-state index contributed by atoms with van der Waals surface area (Å²) in [5.74, 6) is -0.950. The number of anilines is 1. The SMILES string of the molecule is CC(=O)Nc1ccc(-c2ccc(C(=O)O)o2)c(Br)c1. The zero-order valence-corrected chi connectivity index (χ0v) is 11.5. The number of halogens is 1. The lowest BCUT2D eigenvalue weighted by Gasteiger charge is -2.05. The number of amides is 1. The van der Waals surface area contributed by atoms with Crippen LogP contribution in [0, 0.1) is 0 Å². The van der Waals surface area contributed by atoms with Gasteiger partial charge in [-0.1, -0.05) is 0 Å². The van der Waals surface area contributed by atoms with Crippen LogP contribution in [-0.2, 0) is 4.79 Å². The number of benzene rings is 1. The molecule has 0 bridgehead atoms. The minimum absolute atomic E-state index is 0.118. The number of furan rings is 1. The molecule has 0 saturated heterocycles. The van der Waals surface area contributed by atoms with Gasteiger partial charge in [0.25, 0.3) is 0 Å². The Kier molecular flexibility index (Phi) is 3.71. The molecule has 1 amide bonds. The van der Waals surface area contributed by atoms with E-state index in [0.29, 0.717) is 21.5 Å². The maximum atomic E-state index is 10.9. The summed E-state index contributed by atoms with van der Waals surface area (Å²) in [5, 5.41) is 11.5. The van der Waals surface area contributed by atoms with E-state index in [0.717, 1.165) is 0 Å². The van der Waals surface area contributed by atoms with Gasteiger partial charge in [-0.3, -0.25) is 4.79 Å². The van der Waals surface area contributed by atoms with Crippen molar-refractivity contribution in [3.05, 3.63) is 40.6 Å². The van der Waals surface area contributed by atoms with Crippen molar-refractivity contribution in [2.24, 2.45) is 0 Å². The molecule has 0 aliphatic rings. The summed E-state index contributed by atoms with van der Waals surface area (Å²) < 4.78 is 5.92. The summed E-state index contributed by atoms with van der Waals surface area (Å²) in [5.41, 5.74) is 1.36. The van der Waals surface area contributed by atoms with Crippen LogP contribution in [0.3, 0.4) is 0 Å². The average molecular weight is 324 g/mol. The fourth-order valence-electron chi connectivity index (χ4n) is 1.59. The first-order valence-corrected chi connectivity index (χ1v) is 6.17. The molecule has 2 rings (SSSR count). The summed E-state index contributed by atoms with van der Waals surface area (Å²) in [6, 6.07) is 8.15. The molecule has 0 saturated carbocycles. The second kappa shape index (κ2) is 5.27. The van der Waals surface area contributed by atoms with Crippen LogP contribution in [-0.4, -0.2) is 17.0 Å². The van der Waals surface area contributed by atoms with E-state index in [1.807, 2.05) is 0 Å². The fraction of sp³-hybridized carbons (Fsp3) is 0.0769. The van der Waals surface area contributed by atoms with Crippen molar-refractivity contribution in [1.29, 1.82) is 0 Å². The normalized spacial score (nSPS) is 10.2. The summed E-state index contributed by atoms with van der Waals surface area (Å²) in [4.78, 5) is 21.7. The van der Waals surface area contributed by atoms with Crippen LogP contribution in [0.2, 0.25) is 0 Å². The van der Waals surface area contributed by atoms with Crippen LogP contribution >= 0.6 is 15.9 Å². The minimum Gasteiger partial charge on any atom is -0.475 e. The van der Waals surface area contributed by atoms with Gasteiger partial charge in [0.1, 0.15) is 5.76 Å². The van der Waals surface area contributed by atoms with Crippen molar-refractivity contribution < 1.29 is 19.1 Å². The molecule has 0 unspecified atom stereocenters. The molecule has 0 radical (unpaired) electrons. The summed E-state index contributed by atoms with van der Waals surface area (Å²) in [6.45, 7) is 1.42. The van der Waals surface area contributed by atoms with Crippen LogP contribution in [0.5, 0.6) is 0 Å². The molecule has 6 heteroatoms. The van der Waals surface area contributed by atoms with Crippen molar-refractivity contribution in [3.63, 3.8) is 0 Å². The predicted molar refractivity (Wildman–Crippen MR) is 73.1 cm³/mol. The first-order chi connectivity index (χ1) is 8.97. The standard InChI is InChI=1S/C13H10BrNO4/c1-7(16)15-8-2-3-9(10(14)6-8)11-4-5-12(19-11)13(17)18/h2-6H,1H3,(H,15,16)(H,17,18). The lowest BCUT2D eigenvalue weighted by molar-refractivity contribution is -0.114. The van der Waals surface area contributed by atoms with Crippen molar-refractivity contribution in [3.8, 4) is 11.3 Å². The summed E-state index contributed by atoms with van der Waals surface area (Å²) >= 11 is 3.36. The highest BCUT2D eigenvalue weighted by molar-refractivity contribution is 9.10. The minimum atomic E-state index is -1.11. The second-order valence-electron chi connectivity index (χ2n) is 3.84. The molecule has 0 fully saturated rings. The van der Waals surface area contributed by atoms with E-state index in [-0.39, 0.29) is 11.7 Å². The van der Waals surface area contributed by atoms with Gasteiger partial charge < -0.3 is 14.8 Å². The summed E-state index contributed by atoms with van der Waals surface area (Å²) in [7, 11) is 0. The Balaban J connectivity index is 2.34. The molecular formula is C13H10BrNO4. The molecular weight excluding hydrogens is 314 g/mol. The monoisotopic (exact) mass is 323 g/mol. The molecule has 2 N–H and O–H groups in total. The van der Waals surface area contributed by atoms with Crippen LogP contribution in [0.4, 0.5) is 5.69 Å². The largest absolute Gasteiger partial charge is 0.475 e. The number of aromatic carboxylic acids is 1. The smallest absolute Gasteiger partial charge is 0.371 e. The van der Waals surface area contributed by atoms with Crippen LogP contribution in [0.15, 0.2) is 39.2 Å². The van der Waals surface area contributed by atoms with Gasteiger partial charge in [-0.15, -0.1) is 0 Å². The third-order valence-corrected chi connectivity index (χ3v) is 3.03. The van der Waals surface area contributed by atoms with E-state index >= 15 is 0 Å². The number of carboxylic acid groups (broad SMARTS) is 1. The topological polar surface area (TPSA) is 79.5 Å². The summed E-state index contributed by atoms with van der Waals surface area (Å²) in [6.07, 6.45) is 0. The van der Waals surface area contributed by atoms with Crippen LogP contribution in [0.25, 0.3) is 11.3 Å². The Morgan fingerprint density at radius 3 is 2.53 bits per heavy atom. The zero-order chi connectivity index (χ0) is 14.0. The Labute approximate surface area is 117 Å². The lowest BCUT2D eigenvalue weighted by Crippen LogP contribution is -2.05. The van der Waals surface area contributed by atoms with Crippen LogP contribution in [0.1, 0.15) is 17.5 Å². The van der Waals surface area contributed by atoms with Crippen molar-refractivity contribution in [1.82, 2.24) is 0 Å². The molecule has 0 atom stereocenters. The van der Waals surface area contributed by atoms with E-state index in [9.17, 15) is 9.59 Å². The van der Waals surface area contributed by atoms with E-state index in [4.69, 9.17) is 9.52 Å². The fourth-order valence-corrected chi connectivity index (χ4v) is 2.17. The molecule has 5 nitrogen and oxygen atoms in total. The van der Waals surface area contributed by atoms with Crippen molar-refractivity contribution >= 4 is 33.5 Å². The number of carbonyl (C=O) groups excluding carboxylic acids is 1. The first-order valence-electron chi connectivity index (χ1n) is 5.38. The third kappa shape index (κ3) is 3.03. The van der Waals surface area contributed by atoms with Gasteiger partial charge in [0, 0.05) is 22.6 Å². The van der Waals surface area contributed by atoms with E-state index in [1.54, 1.807) is 24.3 Å². The molecule has 0 spiro atoms. The lowest BCUT2D eigenvalue weighted by atomic mass is 10.1. The Morgan fingerprint density at radius 1 is 1.26 bits per heavy atom. The van der Waals surface area contributed by atoms with Gasteiger partial charge in [0.2, 0.25) is 11.7 Å². The second-order valence-corrected chi connectivity index (χ2v) is 4.70. The van der Waals surface area contributed by atoms with Gasteiger partial charge in [0.05, 0.1) is 0 Å². The van der Waals surface area contributed by atoms with Gasteiger partial charge in [0.15, 0.2) is 0 Å². The number of carboxylic acids is 1. The zero-order valence-electron chi connectivity index (χ0n) is 9.94. The molecule has 1 aromatic carbocycles. The van der Waals surface area contributed by atoms with E-state index in [1.165, 1.54) is 13.0 Å². The maximum absolute atomic E-state index is 10.9. The van der Waals surface area contributed by atoms with Crippen LogP contribution < -0.4 is 5.32 Å². The first kappa shape index (κ1) is 13.4. The highest BCUT2D eigenvalue weighted by atomic mass is 79.9. The van der Waals surface area contributed by atoms with Gasteiger partial charge >= 0.3 is 5.97 Å². The number of rotatable bonds is 3. The van der Waals surface area contributed by atoms with E-state index in [2.05, 4.69) is 21.2 Å². The van der Waals surface area contributed by atoms with Gasteiger partial charge in [-0.25, -0.2) is 4.79 Å². The van der Waals surface area contributed by atoms with Gasteiger partial charge in [-0.05, 0) is 46.3 Å². The quantitative estimate of drug-likeness (QED) is 0.907. The number of hydrogen-bond acceptors (Lipinski definition) is 3. The molecule has 19 heavy (non-hydrogen) atoms. The molecule has 1 aromatic heterocycles. The van der Waals surface area contributed by atoms with Gasteiger partial charge in [-0.2, -0.15) is 0 Å². The highest BCUT2D eigenvalue weighted by Gasteiger charge is 2.13. The molecule has 2 aromatic rings. The average Bonchev–Trinajstić information content (AvgIpc) is 2.77. The molecule has 1 heterocycles. The van der Waals surface area contributed by atoms with E-state index < -0.39 is 5.97 Å². The number of carbonyl (C=O) groups is 2. The Morgan fingerprint density at radius 2 is 2.00 bits per heavy atom. The highest BCUT2D eigenvalue weighted by Crippen LogP contribution is 2.31. The maximum Gasteiger partial charge on any atom is 0.371 e. The number of nitrogens with one attached hydrogen (secondary N) is 1. The number of hydrogen-bond donors (Lipinski definition) is 2.